The molecule has 1 saturated heterocycles. The molecule has 1 amide bonds. The first-order chi connectivity index (χ1) is 9.36. The Morgan fingerprint density at radius 3 is 2.55 bits per heavy atom. The number of benzene rings is 1. The summed E-state index contributed by atoms with van der Waals surface area (Å²) in [6.45, 7) is 8.74. The van der Waals surface area contributed by atoms with E-state index in [-0.39, 0.29) is 16.7 Å². The third-order valence-corrected chi connectivity index (χ3v) is 4.55. The summed E-state index contributed by atoms with van der Waals surface area (Å²) in [6.07, 6.45) is 1.57. The maximum atomic E-state index is 12.5. The maximum Gasteiger partial charge on any atom is 0.223 e. The van der Waals surface area contributed by atoms with E-state index in [1.165, 1.54) is 5.56 Å². The van der Waals surface area contributed by atoms with E-state index in [0.717, 1.165) is 19.5 Å². The Morgan fingerprint density at radius 1 is 1.35 bits per heavy atom. The third kappa shape index (κ3) is 3.21. The molecule has 0 spiro atoms. The topological polar surface area (TPSA) is 46.3 Å². The molecular weight excluding hydrogens is 248 g/mol. The second-order valence-electron chi connectivity index (χ2n) is 7.01. The average Bonchev–Trinajstić information content (AvgIpc) is 2.83. The molecule has 0 saturated carbocycles. The zero-order valence-corrected chi connectivity index (χ0v) is 12.9. The predicted octanol–water partition coefficient (Wildman–Crippen LogP) is 2.55. The molecule has 110 valence electrons. The molecule has 1 atom stereocenters. The van der Waals surface area contributed by atoms with Gasteiger partial charge in [-0.2, -0.15) is 0 Å². The molecule has 2 N–H and O–H groups in total. The van der Waals surface area contributed by atoms with Crippen LogP contribution in [-0.2, 0) is 10.2 Å². The fraction of sp³-hybridized carbons (Fsp3) is 0.588. The van der Waals surface area contributed by atoms with Crippen LogP contribution in [0.4, 0.5) is 0 Å². The van der Waals surface area contributed by atoms with Gasteiger partial charge >= 0.3 is 0 Å². The van der Waals surface area contributed by atoms with Gasteiger partial charge in [-0.3, -0.25) is 4.79 Å². The van der Waals surface area contributed by atoms with Gasteiger partial charge in [0.15, 0.2) is 0 Å². The van der Waals surface area contributed by atoms with Crippen molar-refractivity contribution in [3.05, 3.63) is 35.9 Å². The number of nitrogens with two attached hydrogens (primary N) is 1. The Bertz CT molecular complexity index is 469. The standard InChI is InChI=1S/C17H26N2O/c1-16(2,14-7-5-4-6-8-14)11-15(20)19-10-9-17(3,12-18)13-19/h4-8H,9-13,18H2,1-3H3. The first-order valence-corrected chi connectivity index (χ1v) is 7.40. The Hall–Kier alpha value is -1.35. The quantitative estimate of drug-likeness (QED) is 0.917. The monoisotopic (exact) mass is 274 g/mol. The van der Waals surface area contributed by atoms with E-state index in [4.69, 9.17) is 5.73 Å². The van der Waals surface area contributed by atoms with Gasteiger partial charge in [0.1, 0.15) is 0 Å². The summed E-state index contributed by atoms with van der Waals surface area (Å²) in [7, 11) is 0. The highest BCUT2D eigenvalue weighted by atomic mass is 16.2. The van der Waals surface area contributed by atoms with Crippen LogP contribution in [0, 0.1) is 5.41 Å². The summed E-state index contributed by atoms with van der Waals surface area (Å²) in [6, 6.07) is 10.3. The maximum absolute atomic E-state index is 12.5. The molecule has 3 heteroatoms. The minimum absolute atomic E-state index is 0.104. The van der Waals surface area contributed by atoms with E-state index < -0.39 is 0 Å². The summed E-state index contributed by atoms with van der Waals surface area (Å²) < 4.78 is 0. The van der Waals surface area contributed by atoms with Crippen molar-refractivity contribution in [2.45, 2.75) is 39.0 Å². The minimum atomic E-state index is -0.125. The molecule has 1 heterocycles. The highest BCUT2D eigenvalue weighted by molar-refractivity contribution is 5.78. The van der Waals surface area contributed by atoms with Crippen LogP contribution in [0.1, 0.15) is 39.2 Å². The number of hydrogen-bond acceptors (Lipinski definition) is 2. The van der Waals surface area contributed by atoms with E-state index in [9.17, 15) is 4.79 Å². The predicted molar refractivity (Wildman–Crippen MR) is 82.4 cm³/mol. The Morgan fingerprint density at radius 2 is 2.00 bits per heavy atom. The van der Waals surface area contributed by atoms with E-state index >= 15 is 0 Å². The van der Waals surface area contributed by atoms with E-state index in [0.29, 0.717) is 13.0 Å². The lowest BCUT2D eigenvalue weighted by Gasteiger charge is -2.28. The van der Waals surface area contributed by atoms with E-state index in [1.807, 2.05) is 23.1 Å². The van der Waals surface area contributed by atoms with Crippen LogP contribution >= 0.6 is 0 Å². The molecule has 1 aromatic carbocycles. The average molecular weight is 274 g/mol. The first-order valence-electron chi connectivity index (χ1n) is 7.40. The van der Waals surface area contributed by atoms with Crippen molar-refractivity contribution in [2.24, 2.45) is 11.1 Å². The van der Waals surface area contributed by atoms with Crippen LogP contribution in [0.2, 0.25) is 0 Å². The Labute approximate surface area is 122 Å². The van der Waals surface area contributed by atoms with Gasteiger partial charge in [-0.05, 0) is 29.4 Å². The Kier molecular flexibility index (Phi) is 4.19. The van der Waals surface area contributed by atoms with Gasteiger partial charge in [0, 0.05) is 19.5 Å². The van der Waals surface area contributed by atoms with Crippen LogP contribution in [0.15, 0.2) is 30.3 Å². The molecule has 1 unspecified atom stereocenters. The summed E-state index contributed by atoms with van der Waals surface area (Å²) in [5.74, 6) is 0.246. The largest absolute Gasteiger partial charge is 0.342 e. The summed E-state index contributed by atoms with van der Waals surface area (Å²) in [5.41, 5.74) is 7.01. The summed E-state index contributed by atoms with van der Waals surface area (Å²) in [4.78, 5) is 14.5. The van der Waals surface area contributed by atoms with E-state index in [2.05, 4.69) is 32.9 Å². The molecule has 20 heavy (non-hydrogen) atoms. The molecule has 0 radical (unpaired) electrons. The van der Waals surface area contributed by atoms with Crippen LogP contribution in [0.3, 0.4) is 0 Å². The molecule has 0 aliphatic carbocycles. The third-order valence-electron chi connectivity index (χ3n) is 4.55. The van der Waals surface area contributed by atoms with Gasteiger partial charge < -0.3 is 10.6 Å². The van der Waals surface area contributed by atoms with Gasteiger partial charge in [-0.25, -0.2) is 0 Å². The molecular formula is C17H26N2O. The zero-order chi connectivity index (χ0) is 14.8. The van der Waals surface area contributed by atoms with Crippen LogP contribution in [-0.4, -0.2) is 30.4 Å². The number of likely N-dealkylation sites (tertiary alicyclic amines) is 1. The number of carbonyl (C=O) groups excluding carboxylic acids is 1. The molecule has 0 aromatic heterocycles. The van der Waals surface area contributed by atoms with Crippen LogP contribution in [0.5, 0.6) is 0 Å². The highest BCUT2D eigenvalue weighted by Gasteiger charge is 2.36. The molecule has 1 fully saturated rings. The van der Waals surface area contributed by atoms with Gasteiger partial charge in [0.05, 0.1) is 0 Å². The molecule has 1 aliphatic rings. The second kappa shape index (κ2) is 5.57. The number of amides is 1. The lowest BCUT2D eigenvalue weighted by Crippen LogP contribution is -2.37. The summed E-state index contributed by atoms with van der Waals surface area (Å²) in [5, 5.41) is 0. The highest BCUT2D eigenvalue weighted by Crippen LogP contribution is 2.32. The van der Waals surface area contributed by atoms with Crippen molar-refractivity contribution in [1.82, 2.24) is 4.90 Å². The van der Waals surface area contributed by atoms with Gasteiger partial charge in [-0.15, -0.1) is 0 Å². The second-order valence-corrected chi connectivity index (χ2v) is 7.01. The SMILES string of the molecule is CC1(CN)CCN(C(=O)CC(C)(C)c2ccccc2)C1. The lowest BCUT2D eigenvalue weighted by atomic mass is 9.81. The van der Waals surface area contributed by atoms with Crippen LogP contribution in [0.25, 0.3) is 0 Å². The molecule has 3 nitrogen and oxygen atoms in total. The Balaban J connectivity index is 2.02. The lowest BCUT2D eigenvalue weighted by molar-refractivity contribution is -0.131. The fourth-order valence-corrected chi connectivity index (χ4v) is 2.88. The van der Waals surface area contributed by atoms with Gasteiger partial charge in [0.2, 0.25) is 5.91 Å². The van der Waals surface area contributed by atoms with Crippen molar-refractivity contribution in [3.63, 3.8) is 0 Å². The number of nitrogens with zero attached hydrogens (tertiary/aromatic N) is 1. The van der Waals surface area contributed by atoms with Gasteiger partial charge in [0.25, 0.3) is 0 Å². The summed E-state index contributed by atoms with van der Waals surface area (Å²) >= 11 is 0. The van der Waals surface area contributed by atoms with Gasteiger partial charge in [-0.1, -0.05) is 51.1 Å². The number of rotatable bonds is 4. The fourth-order valence-electron chi connectivity index (χ4n) is 2.88. The van der Waals surface area contributed by atoms with Crippen LogP contribution < -0.4 is 5.73 Å². The molecule has 2 rings (SSSR count). The van der Waals surface area contributed by atoms with Crippen molar-refractivity contribution in [1.29, 1.82) is 0 Å². The smallest absolute Gasteiger partial charge is 0.223 e. The van der Waals surface area contributed by atoms with Crippen molar-refractivity contribution < 1.29 is 4.79 Å². The molecule has 0 bridgehead atoms. The molecule has 1 aliphatic heterocycles. The number of carbonyl (C=O) groups is 1. The number of hydrogen-bond donors (Lipinski definition) is 1. The van der Waals surface area contributed by atoms with Crippen molar-refractivity contribution >= 4 is 5.91 Å². The normalized spacial score (nSPS) is 23.1. The van der Waals surface area contributed by atoms with Crippen molar-refractivity contribution in [2.75, 3.05) is 19.6 Å². The zero-order valence-electron chi connectivity index (χ0n) is 12.9. The van der Waals surface area contributed by atoms with E-state index in [1.54, 1.807) is 0 Å². The minimum Gasteiger partial charge on any atom is -0.342 e. The first kappa shape index (κ1) is 15.0. The molecule has 1 aromatic rings. The van der Waals surface area contributed by atoms with Crippen molar-refractivity contribution in [3.8, 4) is 0 Å².